The van der Waals surface area contributed by atoms with Gasteiger partial charge in [-0.15, -0.1) is 0 Å². The fourth-order valence-electron chi connectivity index (χ4n) is 1.34. The molecule has 1 amide bonds. The zero-order valence-corrected chi connectivity index (χ0v) is 10.9. The molecule has 0 saturated carbocycles. The third-order valence-electron chi connectivity index (χ3n) is 2.10. The van der Waals surface area contributed by atoms with E-state index in [1.165, 1.54) is 0 Å². The molecule has 0 radical (unpaired) electrons. The van der Waals surface area contributed by atoms with E-state index in [-0.39, 0.29) is 5.91 Å². The number of hydrogen-bond donors (Lipinski definition) is 2. The number of nitrogens with zero attached hydrogens (tertiary/aromatic N) is 2. The lowest BCUT2D eigenvalue weighted by molar-refractivity contribution is 0.0946. The van der Waals surface area contributed by atoms with Crippen LogP contribution in [0.15, 0.2) is 24.7 Å². The Morgan fingerprint density at radius 2 is 2.50 bits per heavy atom. The van der Waals surface area contributed by atoms with Crippen LogP contribution in [-0.2, 0) is 13.6 Å². The number of aromatic nitrogens is 3. The number of halogens is 1. The van der Waals surface area contributed by atoms with Gasteiger partial charge in [-0.2, -0.15) is 5.10 Å². The highest BCUT2D eigenvalue weighted by molar-refractivity contribution is 14.1. The molecule has 6 heteroatoms. The second-order valence-electron chi connectivity index (χ2n) is 3.44. The van der Waals surface area contributed by atoms with Crippen molar-refractivity contribution in [3.8, 4) is 0 Å². The molecule has 2 rings (SSSR count). The molecule has 0 unspecified atom stereocenters. The van der Waals surface area contributed by atoms with Gasteiger partial charge in [0.15, 0.2) is 0 Å². The van der Waals surface area contributed by atoms with E-state index >= 15 is 0 Å². The lowest BCUT2D eigenvalue weighted by Gasteiger charge is -2.00. The molecule has 16 heavy (non-hydrogen) atoms. The lowest BCUT2D eigenvalue weighted by Crippen LogP contribution is -2.22. The van der Waals surface area contributed by atoms with Gasteiger partial charge in [0, 0.05) is 35.1 Å². The first-order valence-electron chi connectivity index (χ1n) is 4.75. The molecule has 0 aromatic carbocycles. The predicted molar refractivity (Wildman–Crippen MR) is 67.9 cm³/mol. The van der Waals surface area contributed by atoms with E-state index in [0.717, 1.165) is 9.13 Å². The molecular formula is C10H11IN4O. The van der Waals surface area contributed by atoms with Crippen LogP contribution in [0.1, 0.15) is 16.1 Å². The molecule has 0 atom stereocenters. The summed E-state index contributed by atoms with van der Waals surface area (Å²) in [7, 11) is 1.85. The molecule has 0 aliphatic rings. The second kappa shape index (κ2) is 4.69. The second-order valence-corrected chi connectivity index (χ2v) is 4.68. The van der Waals surface area contributed by atoms with Gasteiger partial charge in [0.1, 0.15) is 5.69 Å². The summed E-state index contributed by atoms with van der Waals surface area (Å²) in [5, 5.41) is 6.84. The zero-order chi connectivity index (χ0) is 11.5. The quantitative estimate of drug-likeness (QED) is 0.833. The SMILES string of the molecule is Cn1cc(CNC(=O)c2cc(I)c[nH]2)cn1. The monoisotopic (exact) mass is 330 g/mol. The first kappa shape index (κ1) is 11.2. The molecule has 2 heterocycles. The van der Waals surface area contributed by atoms with Crippen LogP contribution in [0.5, 0.6) is 0 Å². The number of aromatic amines is 1. The van der Waals surface area contributed by atoms with Gasteiger partial charge in [-0.05, 0) is 28.7 Å². The van der Waals surface area contributed by atoms with Crippen LogP contribution in [0.4, 0.5) is 0 Å². The molecule has 0 aliphatic carbocycles. The molecule has 0 spiro atoms. The highest BCUT2D eigenvalue weighted by atomic mass is 127. The molecule has 2 aromatic heterocycles. The molecule has 2 aromatic rings. The minimum atomic E-state index is -0.105. The molecule has 84 valence electrons. The predicted octanol–water partition coefficient (Wildman–Crippen LogP) is 1.28. The Kier molecular flexibility index (Phi) is 3.28. The summed E-state index contributed by atoms with van der Waals surface area (Å²) in [5.74, 6) is -0.105. The molecular weight excluding hydrogens is 319 g/mol. The van der Waals surface area contributed by atoms with E-state index in [9.17, 15) is 4.79 Å². The van der Waals surface area contributed by atoms with E-state index in [2.05, 4.69) is 38.0 Å². The maximum Gasteiger partial charge on any atom is 0.267 e. The van der Waals surface area contributed by atoms with Crippen LogP contribution in [0.3, 0.4) is 0 Å². The summed E-state index contributed by atoms with van der Waals surface area (Å²) in [6.45, 7) is 0.488. The molecule has 0 aliphatic heterocycles. The Morgan fingerprint density at radius 1 is 1.69 bits per heavy atom. The van der Waals surface area contributed by atoms with Crippen molar-refractivity contribution >= 4 is 28.5 Å². The van der Waals surface area contributed by atoms with Crippen molar-refractivity contribution in [1.29, 1.82) is 0 Å². The topological polar surface area (TPSA) is 62.7 Å². The van der Waals surface area contributed by atoms with Crippen LogP contribution >= 0.6 is 22.6 Å². The fraction of sp³-hybridized carbons (Fsp3) is 0.200. The standard InChI is InChI=1S/C10H11IN4O/c1-15-6-7(4-14-15)3-13-10(16)9-2-8(11)5-12-9/h2,4-6,12H,3H2,1H3,(H,13,16). The number of carbonyl (C=O) groups is 1. The average Bonchev–Trinajstić information content (AvgIpc) is 2.84. The Morgan fingerprint density at radius 3 is 3.06 bits per heavy atom. The first-order chi connectivity index (χ1) is 7.65. The summed E-state index contributed by atoms with van der Waals surface area (Å²) in [4.78, 5) is 14.6. The Hall–Kier alpha value is -1.31. The maximum absolute atomic E-state index is 11.7. The van der Waals surface area contributed by atoms with E-state index < -0.39 is 0 Å². The normalized spacial score (nSPS) is 10.4. The number of rotatable bonds is 3. The maximum atomic E-state index is 11.7. The molecule has 2 N–H and O–H groups in total. The van der Waals surface area contributed by atoms with Crippen molar-refractivity contribution in [3.63, 3.8) is 0 Å². The molecule has 5 nitrogen and oxygen atoms in total. The molecule has 0 saturated heterocycles. The number of aryl methyl sites for hydroxylation is 1. The highest BCUT2D eigenvalue weighted by Crippen LogP contribution is 2.06. The number of amides is 1. The highest BCUT2D eigenvalue weighted by Gasteiger charge is 2.07. The van der Waals surface area contributed by atoms with Crippen molar-refractivity contribution in [2.75, 3.05) is 0 Å². The van der Waals surface area contributed by atoms with E-state index in [1.807, 2.05) is 13.2 Å². The van der Waals surface area contributed by atoms with Gasteiger partial charge in [0.05, 0.1) is 6.20 Å². The van der Waals surface area contributed by atoms with Gasteiger partial charge in [-0.1, -0.05) is 0 Å². The van der Waals surface area contributed by atoms with Gasteiger partial charge in [0.25, 0.3) is 5.91 Å². The van der Waals surface area contributed by atoms with Gasteiger partial charge in [-0.25, -0.2) is 0 Å². The number of carbonyl (C=O) groups excluding carboxylic acids is 1. The number of H-pyrrole nitrogens is 1. The van der Waals surface area contributed by atoms with Crippen LogP contribution in [0.2, 0.25) is 0 Å². The van der Waals surface area contributed by atoms with Crippen LogP contribution in [0, 0.1) is 3.57 Å². The van der Waals surface area contributed by atoms with Crippen molar-refractivity contribution < 1.29 is 4.79 Å². The lowest BCUT2D eigenvalue weighted by atomic mass is 10.3. The summed E-state index contributed by atoms with van der Waals surface area (Å²) in [6, 6.07) is 1.80. The largest absolute Gasteiger partial charge is 0.356 e. The minimum Gasteiger partial charge on any atom is -0.356 e. The van der Waals surface area contributed by atoms with Crippen molar-refractivity contribution in [2.45, 2.75) is 6.54 Å². The minimum absolute atomic E-state index is 0.105. The Labute approximate surface area is 106 Å². The number of hydrogen-bond acceptors (Lipinski definition) is 2. The zero-order valence-electron chi connectivity index (χ0n) is 8.70. The third kappa shape index (κ3) is 2.63. The van der Waals surface area contributed by atoms with Crippen LogP contribution < -0.4 is 5.32 Å². The summed E-state index contributed by atoms with van der Waals surface area (Å²) >= 11 is 2.15. The van der Waals surface area contributed by atoms with Gasteiger partial charge < -0.3 is 10.3 Å². The van der Waals surface area contributed by atoms with Gasteiger partial charge >= 0.3 is 0 Å². The third-order valence-corrected chi connectivity index (χ3v) is 2.73. The molecule has 0 bridgehead atoms. The van der Waals surface area contributed by atoms with E-state index in [1.54, 1.807) is 23.1 Å². The number of nitrogens with one attached hydrogen (secondary N) is 2. The average molecular weight is 330 g/mol. The van der Waals surface area contributed by atoms with Crippen LogP contribution in [-0.4, -0.2) is 20.7 Å². The Bertz CT molecular complexity index is 502. The van der Waals surface area contributed by atoms with E-state index in [0.29, 0.717) is 12.2 Å². The van der Waals surface area contributed by atoms with Crippen molar-refractivity contribution in [3.05, 3.63) is 39.5 Å². The first-order valence-corrected chi connectivity index (χ1v) is 5.82. The summed E-state index contributed by atoms with van der Waals surface area (Å²) < 4.78 is 2.73. The van der Waals surface area contributed by atoms with Crippen LogP contribution in [0.25, 0.3) is 0 Å². The summed E-state index contributed by atoms with van der Waals surface area (Å²) in [5.41, 5.74) is 1.56. The van der Waals surface area contributed by atoms with Gasteiger partial charge in [0.2, 0.25) is 0 Å². The van der Waals surface area contributed by atoms with Gasteiger partial charge in [-0.3, -0.25) is 9.48 Å². The van der Waals surface area contributed by atoms with Crippen molar-refractivity contribution in [1.82, 2.24) is 20.1 Å². The molecule has 0 fully saturated rings. The summed E-state index contributed by atoms with van der Waals surface area (Å²) in [6.07, 6.45) is 5.40. The Balaban J connectivity index is 1.93. The van der Waals surface area contributed by atoms with E-state index in [4.69, 9.17) is 0 Å². The smallest absolute Gasteiger partial charge is 0.267 e. The fourth-order valence-corrected chi connectivity index (χ4v) is 1.81. The van der Waals surface area contributed by atoms with Crippen molar-refractivity contribution in [2.24, 2.45) is 7.05 Å².